The molecule has 3 aliphatic rings. The van der Waals surface area contributed by atoms with Gasteiger partial charge >= 0.3 is 0 Å². The van der Waals surface area contributed by atoms with Crippen LogP contribution in [0, 0.1) is 5.92 Å². The van der Waals surface area contributed by atoms with Gasteiger partial charge in [-0.1, -0.05) is 73.7 Å². The van der Waals surface area contributed by atoms with Crippen LogP contribution in [0.4, 0.5) is 0 Å². The average Bonchev–Trinajstić information content (AvgIpc) is 3.27. The number of fused-ring (bicyclic) bond motifs is 1. The first-order chi connectivity index (χ1) is 19.0. The van der Waals surface area contributed by atoms with Gasteiger partial charge in [-0.15, -0.1) is 0 Å². The Morgan fingerprint density at radius 2 is 1.62 bits per heavy atom. The molecule has 210 valence electrons. The summed E-state index contributed by atoms with van der Waals surface area (Å²) in [4.78, 5) is 31.8. The van der Waals surface area contributed by atoms with E-state index in [1.807, 2.05) is 41.3 Å². The molecule has 2 N–H and O–H groups in total. The molecule has 39 heavy (non-hydrogen) atoms. The second-order valence-corrected chi connectivity index (χ2v) is 12.1. The summed E-state index contributed by atoms with van der Waals surface area (Å²) in [5.74, 6) is 0.661. The Hall–Kier alpha value is -2.41. The maximum atomic E-state index is 13.9. The number of rotatable bonds is 7. The Labute approximate surface area is 238 Å². The third-order valence-electron chi connectivity index (χ3n) is 9.15. The van der Waals surface area contributed by atoms with Gasteiger partial charge in [0, 0.05) is 50.2 Å². The van der Waals surface area contributed by atoms with E-state index in [0.717, 1.165) is 24.6 Å². The maximum absolute atomic E-state index is 13.9. The van der Waals surface area contributed by atoms with Gasteiger partial charge in [-0.05, 0) is 60.9 Å². The Bertz CT molecular complexity index is 1110. The summed E-state index contributed by atoms with van der Waals surface area (Å²) in [5, 5.41) is 7.16. The normalized spacial score (nSPS) is 22.4. The van der Waals surface area contributed by atoms with Gasteiger partial charge in [0.15, 0.2) is 0 Å². The first-order valence-electron chi connectivity index (χ1n) is 14.9. The standard InChI is InChI=1S/C32H43ClN4O2/c1-23(25-8-4-2-3-5-9-25)36-16-18-37(19-17-36)32(39)30(20-24-12-14-28(33)15-13-24)35-31(38)29-21-26-10-6-7-11-27(26)22-34-29/h6-7,10-15,23,25,29-30,34H,2-5,8-9,16-22H2,1H3,(H,35,38). The number of hydrogen-bond donors (Lipinski definition) is 2. The first kappa shape index (κ1) is 28.1. The summed E-state index contributed by atoms with van der Waals surface area (Å²) < 4.78 is 0. The molecule has 2 fully saturated rings. The van der Waals surface area contributed by atoms with Crippen LogP contribution in [0.3, 0.4) is 0 Å². The van der Waals surface area contributed by atoms with Crippen LogP contribution in [-0.2, 0) is 29.0 Å². The third kappa shape index (κ3) is 7.22. The molecule has 6 nitrogen and oxygen atoms in total. The molecular formula is C32H43ClN4O2. The van der Waals surface area contributed by atoms with Crippen molar-refractivity contribution >= 4 is 23.4 Å². The molecule has 3 atom stereocenters. The topological polar surface area (TPSA) is 64.7 Å². The minimum Gasteiger partial charge on any atom is -0.343 e. The van der Waals surface area contributed by atoms with E-state index in [-0.39, 0.29) is 17.9 Å². The van der Waals surface area contributed by atoms with Crippen LogP contribution in [0.1, 0.15) is 62.1 Å². The predicted octanol–water partition coefficient (Wildman–Crippen LogP) is 4.58. The summed E-state index contributed by atoms with van der Waals surface area (Å²) in [6, 6.07) is 15.4. The Morgan fingerprint density at radius 1 is 0.949 bits per heavy atom. The van der Waals surface area contributed by atoms with Crippen molar-refractivity contribution in [1.82, 2.24) is 20.4 Å². The molecule has 0 aromatic heterocycles. The van der Waals surface area contributed by atoms with Crippen molar-refractivity contribution < 1.29 is 9.59 Å². The molecule has 5 rings (SSSR count). The molecule has 2 amide bonds. The molecule has 2 heterocycles. The van der Waals surface area contributed by atoms with E-state index in [0.29, 0.717) is 43.5 Å². The van der Waals surface area contributed by atoms with Crippen LogP contribution in [0.2, 0.25) is 5.02 Å². The summed E-state index contributed by atoms with van der Waals surface area (Å²) >= 11 is 6.11. The number of piperazine rings is 1. The molecule has 0 spiro atoms. The van der Waals surface area contributed by atoms with Crippen molar-refractivity contribution in [2.24, 2.45) is 5.92 Å². The molecule has 2 aromatic carbocycles. The number of nitrogens with zero attached hydrogens (tertiary/aromatic N) is 2. The zero-order chi connectivity index (χ0) is 27.2. The van der Waals surface area contributed by atoms with Crippen molar-refractivity contribution in [3.8, 4) is 0 Å². The van der Waals surface area contributed by atoms with Crippen LogP contribution < -0.4 is 10.6 Å². The zero-order valence-electron chi connectivity index (χ0n) is 23.2. The van der Waals surface area contributed by atoms with Gasteiger partial charge in [0.05, 0.1) is 6.04 Å². The maximum Gasteiger partial charge on any atom is 0.245 e. The largest absolute Gasteiger partial charge is 0.343 e. The lowest BCUT2D eigenvalue weighted by Crippen LogP contribution is -2.59. The average molecular weight is 551 g/mol. The van der Waals surface area contributed by atoms with Crippen LogP contribution in [0.15, 0.2) is 48.5 Å². The van der Waals surface area contributed by atoms with Crippen molar-refractivity contribution in [3.63, 3.8) is 0 Å². The molecule has 2 aliphatic heterocycles. The van der Waals surface area contributed by atoms with E-state index in [1.165, 1.54) is 49.7 Å². The fourth-order valence-electron chi connectivity index (χ4n) is 6.63. The van der Waals surface area contributed by atoms with Gasteiger partial charge in [0.1, 0.15) is 6.04 Å². The number of carbonyl (C=O) groups is 2. The van der Waals surface area contributed by atoms with E-state index >= 15 is 0 Å². The Kier molecular flexibility index (Phi) is 9.59. The predicted molar refractivity (Wildman–Crippen MR) is 157 cm³/mol. The Balaban J connectivity index is 1.23. The highest BCUT2D eigenvalue weighted by atomic mass is 35.5. The second-order valence-electron chi connectivity index (χ2n) is 11.7. The molecule has 3 unspecified atom stereocenters. The fraction of sp³-hybridized carbons (Fsp3) is 0.562. The van der Waals surface area contributed by atoms with Gasteiger partial charge in [-0.3, -0.25) is 14.5 Å². The minimum absolute atomic E-state index is 0.0104. The SMILES string of the molecule is CC(C1CCCCCC1)N1CCN(C(=O)C(Cc2ccc(Cl)cc2)NC(=O)C2Cc3ccccc3CN2)CC1. The van der Waals surface area contributed by atoms with Gasteiger partial charge in [-0.25, -0.2) is 0 Å². The van der Waals surface area contributed by atoms with Crippen molar-refractivity contribution in [3.05, 3.63) is 70.2 Å². The van der Waals surface area contributed by atoms with Crippen LogP contribution in [0.5, 0.6) is 0 Å². The quantitative estimate of drug-likeness (QED) is 0.495. The van der Waals surface area contributed by atoms with E-state index in [4.69, 9.17) is 11.6 Å². The van der Waals surface area contributed by atoms with Crippen molar-refractivity contribution in [2.45, 2.75) is 83.0 Å². The molecule has 7 heteroatoms. The number of benzene rings is 2. The van der Waals surface area contributed by atoms with E-state index in [2.05, 4.69) is 34.6 Å². The summed E-state index contributed by atoms with van der Waals surface area (Å²) in [6.07, 6.45) is 9.17. The molecule has 0 bridgehead atoms. The number of amides is 2. The van der Waals surface area contributed by atoms with Crippen molar-refractivity contribution in [2.75, 3.05) is 26.2 Å². The summed E-state index contributed by atoms with van der Waals surface area (Å²) in [7, 11) is 0. The molecular weight excluding hydrogens is 508 g/mol. The first-order valence-corrected chi connectivity index (χ1v) is 15.2. The fourth-order valence-corrected chi connectivity index (χ4v) is 6.76. The van der Waals surface area contributed by atoms with Gasteiger partial charge in [0.25, 0.3) is 0 Å². The number of halogens is 1. The third-order valence-corrected chi connectivity index (χ3v) is 9.40. The number of nitrogens with one attached hydrogen (secondary N) is 2. The summed E-state index contributed by atoms with van der Waals surface area (Å²) in [5.41, 5.74) is 3.41. The van der Waals surface area contributed by atoms with Crippen LogP contribution >= 0.6 is 11.6 Å². The lowest BCUT2D eigenvalue weighted by atomic mass is 9.91. The van der Waals surface area contributed by atoms with E-state index in [9.17, 15) is 9.59 Å². The Morgan fingerprint density at radius 3 is 2.31 bits per heavy atom. The van der Waals surface area contributed by atoms with Crippen LogP contribution in [0.25, 0.3) is 0 Å². The highest BCUT2D eigenvalue weighted by Gasteiger charge is 2.34. The minimum atomic E-state index is -0.608. The smallest absolute Gasteiger partial charge is 0.245 e. The highest BCUT2D eigenvalue weighted by molar-refractivity contribution is 6.30. The lowest BCUT2D eigenvalue weighted by Gasteiger charge is -2.41. The molecule has 1 saturated heterocycles. The number of hydrogen-bond acceptors (Lipinski definition) is 4. The monoisotopic (exact) mass is 550 g/mol. The summed E-state index contributed by atoms with van der Waals surface area (Å²) in [6.45, 7) is 6.24. The lowest BCUT2D eigenvalue weighted by molar-refractivity contribution is -0.138. The molecule has 2 aromatic rings. The van der Waals surface area contributed by atoms with Crippen molar-refractivity contribution in [1.29, 1.82) is 0 Å². The zero-order valence-corrected chi connectivity index (χ0v) is 24.0. The van der Waals surface area contributed by atoms with Gasteiger partial charge < -0.3 is 15.5 Å². The molecule has 0 radical (unpaired) electrons. The molecule has 1 saturated carbocycles. The van der Waals surface area contributed by atoms with E-state index < -0.39 is 6.04 Å². The second kappa shape index (κ2) is 13.3. The van der Waals surface area contributed by atoms with Crippen LogP contribution in [-0.4, -0.2) is 65.9 Å². The molecule has 1 aliphatic carbocycles. The van der Waals surface area contributed by atoms with Gasteiger partial charge in [0.2, 0.25) is 11.8 Å². The van der Waals surface area contributed by atoms with E-state index in [1.54, 1.807) is 0 Å². The number of carbonyl (C=O) groups excluding carboxylic acids is 2. The highest BCUT2D eigenvalue weighted by Crippen LogP contribution is 2.28. The van der Waals surface area contributed by atoms with Gasteiger partial charge in [-0.2, -0.15) is 0 Å².